The number of nitrogens with zero attached hydrogens (tertiary/aromatic N) is 2. The fraction of sp³-hybridized carbons (Fsp3) is 0.308. The molecule has 2 aromatic rings. The van der Waals surface area contributed by atoms with E-state index < -0.39 is 5.97 Å². The van der Waals surface area contributed by atoms with Crippen LogP contribution in [0.5, 0.6) is 11.5 Å². The molecule has 0 N–H and O–H groups in total. The summed E-state index contributed by atoms with van der Waals surface area (Å²) >= 11 is 0. The van der Waals surface area contributed by atoms with Crippen LogP contribution < -0.4 is 9.47 Å². The molecule has 0 aromatic carbocycles. The van der Waals surface area contributed by atoms with Crippen molar-refractivity contribution >= 4 is 17.3 Å². The van der Waals surface area contributed by atoms with E-state index in [1.165, 1.54) is 25.7 Å². The number of ketones is 1. The van der Waals surface area contributed by atoms with Gasteiger partial charge in [-0.25, -0.2) is 9.31 Å². The van der Waals surface area contributed by atoms with E-state index in [1.807, 2.05) is 0 Å². The van der Waals surface area contributed by atoms with Gasteiger partial charge in [-0.1, -0.05) is 0 Å². The molecule has 0 radical (unpaired) electrons. The number of fused-ring (bicyclic) bond motifs is 1. The van der Waals surface area contributed by atoms with Gasteiger partial charge in [-0.2, -0.15) is 5.10 Å². The van der Waals surface area contributed by atoms with E-state index in [0.29, 0.717) is 22.7 Å². The highest BCUT2D eigenvalue weighted by atomic mass is 16.6. The van der Waals surface area contributed by atoms with Gasteiger partial charge in [-0.05, 0) is 6.07 Å². The van der Waals surface area contributed by atoms with E-state index in [0.717, 1.165) is 0 Å². The summed E-state index contributed by atoms with van der Waals surface area (Å²) in [5, 5.41) is 4.12. The minimum atomic E-state index is -0.503. The summed E-state index contributed by atoms with van der Waals surface area (Å²) < 4.78 is 16.5. The summed E-state index contributed by atoms with van der Waals surface area (Å²) in [6.45, 7) is 1.19. The number of rotatable bonds is 5. The van der Waals surface area contributed by atoms with Crippen LogP contribution in [0.3, 0.4) is 0 Å². The molecule has 0 bridgehead atoms. The van der Waals surface area contributed by atoms with Crippen molar-refractivity contribution in [3.05, 3.63) is 24.0 Å². The van der Waals surface area contributed by atoms with Crippen LogP contribution in [0.2, 0.25) is 0 Å². The third kappa shape index (κ3) is 2.71. The number of ether oxygens (including phenoxy) is 3. The first-order valence-electron chi connectivity index (χ1n) is 5.83. The average molecular weight is 278 g/mol. The second-order valence-electron chi connectivity index (χ2n) is 4.02. The minimum Gasteiger partial charge on any atom is -0.495 e. The summed E-state index contributed by atoms with van der Waals surface area (Å²) in [5.74, 6) is 0.217. The largest absolute Gasteiger partial charge is 0.495 e. The van der Waals surface area contributed by atoms with E-state index in [4.69, 9.17) is 9.47 Å². The number of aromatic nitrogens is 2. The molecule has 2 aromatic heterocycles. The molecule has 0 atom stereocenters. The molecule has 0 aliphatic rings. The Labute approximate surface area is 115 Å². The van der Waals surface area contributed by atoms with Crippen LogP contribution in [0, 0.1) is 0 Å². The van der Waals surface area contributed by atoms with E-state index >= 15 is 0 Å². The van der Waals surface area contributed by atoms with Gasteiger partial charge in [0.25, 0.3) is 0 Å². The molecule has 0 spiro atoms. The van der Waals surface area contributed by atoms with Gasteiger partial charge >= 0.3 is 5.97 Å². The summed E-state index contributed by atoms with van der Waals surface area (Å²) in [7, 11) is 2.78. The van der Waals surface area contributed by atoms with Gasteiger partial charge in [-0.3, -0.25) is 4.79 Å². The van der Waals surface area contributed by atoms with Gasteiger partial charge in [-0.15, -0.1) is 0 Å². The second-order valence-corrected chi connectivity index (χ2v) is 4.02. The first kappa shape index (κ1) is 13.9. The number of carbonyl (C=O) groups is 2. The van der Waals surface area contributed by atoms with E-state index in [9.17, 15) is 9.59 Å². The average Bonchev–Trinajstić information content (AvgIpc) is 2.88. The molecule has 20 heavy (non-hydrogen) atoms. The smallest absolute Gasteiger partial charge is 0.343 e. The molecule has 0 amide bonds. The van der Waals surface area contributed by atoms with Crippen molar-refractivity contribution in [2.24, 2.45) is 0 Å². The Bertz CT molecular complexity index is 662. The molecule has 106 valence electrons. The number of esters is 1. The third-order valence-electron chi connectivity index (χ3n) is 2.68. The predicted octanol–water partition coefficient (Wildman–Crippen LogP) is 1.10. The van der Waals surface area contributed by atoms with E-state index in [-0.39, 0.29) is 12.4 Å². The molecule has 0 aliphatic carbocycles. The number of methoxy groups -OCH3 is 2. The quantitative estimate of drug-likeness (QED) is 0.602. The van der Waals surface area contributed by atoms with Gasteiger partial charge in [0.2, 0.25) is 0 Å². The Balaban J connectivity index is 2.44. The Morgan fingerprint density at radius 3 is 2.65 bits per heavy atom. The number of carbonyl (C=O) groups excluding carboxylic acids is 2. The lowest BCUT2D eigenvalue weighted by Gasteiger charge is -2.08. The fourth-order valence-electron chi connectivity index (χ4n) is 1.63. The molecule has 7 nitrogen and oxygen atoms in total. The molecular weight excluding hydrogens is 264 g/mol. The van der Waals surface area contributed by atoms with Crippen molar-refractivity contribution in [2.75, 3.05) is 20.8 Å². The molecule has 0 aliphatic heterocycles. The third-order valence-corrected chi connectivity index (χ3v) is 2.68. The van der Waals surface area contributed by atoms with E-state index in [2.05, 4.69) is 9.84 Å². The molecular formula is C13H14N2O5. The monoisotopic (exact) mass is 278 g/mol. The first-order chi connectivity index (χ1) is 9.55. The Kier molecular flexibility index (Phi) is 3.88. The van der Waals surface area contributed by atoms with Crippen molar-refractivity contribution in [2.45, 2.75) is 6.92 Å². The maximum absolute atomic E-state index is 11.4. The summed E-state index contributed by atoms with van der Waals surface area (Å²) in [5.41, 5.74) is 0.876. The summed E-state index contributed by atoms with van der Waals surface area (Å²) in [6.07, 6.45) is 1.62. The lowest BCUT2D eigenvalue weighted by atomic mass is 10.3. The van der Waals surface area contributed by atoms with Crippen LogP contribution in [-0.2, 0) is 9.53 Å². The van der Waals surface area contributed by atoms with Crippen molar-refractivity contribution < 1.29 is 23.8 Å². The number of hydrogen-bond acceptors (Lipinski definition) is 6. The minimum absolute atomic E-state index is 0.161. The van der Waals surface area contributed by atoms with Crippen molar-refractivity contribution in [3.63, 3.8) is 0 Å². The highest BCUT2D eigenvalue weighted by Gasteiger charge is 2.13. The molecule has 2 heterocycles. The van der Waals surface area contributed by atoms with E-state index in [1.54, 1.807) is 18.3 Å². The maximum atomic E-state index is 11.4. The Morgan fingerprint density at radius 1 is 1.30 bits per heavy atom. The van der Waals surface area contributed by atoms with Gasteiger partial charge in [0, 0.05) is 13.0 Å². The Morgan fingerprint density at radius 2 is 2.05 bits per heavy atom. The van der Waals surface area contributed by atoms with Crippen LogP contribution in [0.25, 0.3) is 5.52 Å². The molecule has 0 fully saturated rings. The second kappa shape index (κ2) is 5.60. The lowest BCUT2D eigenvalue weighted by Crippen LogP contribution is -2.13. The zero-order valence-corrected chi connectivity index (χ0v) is 11.4. The van der Waals surface area contributed by atoms with Gasteiger partial charge in [0.1, 0.15) is 22.7 Å². The van der Waals surface area contributed by atoms with Crippen LogP contribution in [0.1, 0.15) is 17.4 Å². The molecule has 0 unspecified atom stereocenters. The van der Waals surface area contributed by atoms with Gasteiger partial charge in [0.05, 0.1) is 20.4 Å². The summed E-state index contributed by atoms with van der Waals surface area (Å²) in [6, 6.07) is 3.21. The highest BCUT2D eigenvalue weighted by Crippen LogP contribution is 2.26. The predicted molar refractivity (Wildman–Crippen MR) is 69.3 cm³/mol. The molecule has 7 heteroatoms. The standard InChI is InChI=1S/C13H14N2O5/c1-8(16)10-5-11-12(20-7-13(17)19-3)4-9(18-2)6-15(11)14-10/h4-6H,7H2,1-3H3. The number of Topliss-reactive ketones (excluding diaryl/α,β-unsaturated/α-hetero) is 1. The number of pyridine rings is 1. The number of hydrogen-bond donors (Lipinski definition) is 0. The SMILES string of the molecule is COC(=O)COc1cc(OC)cn2nc(C(C)=O)cc12. The topological polar surface area (TPSA) is 79.1 Å². The van der Waals surface area contributed by atoms with Crippen LogP contribution in [0.4, 0.5) is 0 Å². The van der Waals surface area contributed by atoms with Crippen molar-refractivity contribution in [3.8, 4) is 11.5 Å². The lowest BCUT2D eigenvalue weighted by molar-refractivity contribution is -0.142. The highest BCUT2D eigenvalue weighted by molar-refractivity contribution is 5.93. The van der Waals surface area contributed by atoms with Crippen molar-refractivity contribution in [1.29, 1.82) is 0 Å². The molecule has 2 rings (SSSR count). The van der Waals surface area contributed by atoms with Gasteiger partial charge in [0.15, 0.2) is 12.4 Å². The van der Waals surface area contributed by atoms with Crippen LogP contribution >= 0.6 is 0 Å². The zero-order chi connectivity index (χ0) is 14.7. The zero-order valence-electron chi connectivity index (χ0n) is 11.4. The molecule has 0 saturated heterocycles. The maximum Gasteiger partial charge on any atom is 0.343 e. The Hall–Kier alpha value is -2.57. The van der Waals surface area contributed by atoms with Crippen LogP contribution in [0.15, 0.2) is 18.3 Å². The summed E-state index contributed by atoms with van der Waals surface area (Å²) in [4.78, 5) is 22.5. The normalized spacial score (nSPS) is 10.3. The van der Waals surface area contributed by atoms with Crippen LogP contribution in [-0.4, -0.2) is 42.2 Å². The van der Waals surface area contributed by atoms with Gasteiger partial charge < -0.3 is 14.2 Å². The van der Waals surface area contributed by atoms with Crippen molar-refractivity contribution in [1.82, 2.24) is 9.61 Å². The first-order valence-corrected chi connectivity index (χ1v) is 5.83. The fourth-order valence-corrected chi connectivity index (χ4v) is 1.63. The molecule has 0 saturated carbocycles.